The normalized spacial score (nSPS) is 10.9. The van der Waals surface area contributed by atoms with E-state index in [1.54, 1.807) is 6.26 Å². The predicted molar refractivity (Wildman–Crippen MR) is 53.7 cm³/mol. The molecule has 2 aromatic rings. The second-order valence-corrected chi connectivity index (χ2v) is 4.00. The van der Waals surface area contributed by atoms with Gasteiger partial charge >= 0.3 is 0 Å². The van der Waals surface area contributed by atoms with Crippen molar-refractivity contribution >= 4 is 38.5 Å². The molecule has 0 aliphatic rings. The van der Waals surface area contributed by atoms with Gasteiger partial charge in [0, 0.05) is 9.86 Å². The highest BCUT2D eigenvalue weighted by atomic mass is 79.9. The van der Waals surface area contributed by atoms with Gasteiger partial charge in [0.2, 0.25) is 0 Å². The Kier molecular flexibility index (Phi) is 1.89. The molecule has 0 radical (unpaired) electrons. The molecule has 12 heavy (non-hydrogen) atoms. The molecule has 62 valence electrons. The van der Waals surface area contributed by atoms with E-state index in [0.717, 1.165) is 26.0 Å². The van der Waals surface area contributed by atoms with Crippen LogP contribution in [0.25, 0.3) is 11.0 Å². The summed E-state index contributed by atoms with van der Waals surface area (Å²) in [6.07, 6.45) is 1.71. The quantitative estimate of drug-likeness (QED) is 0.679. The van der Waals surface area contributed by atoms with Crippen LogP contribution in [0, 0.1) is 6.92 Å². The maximum absolute atomic E-state index is 6.02. The van der Waals surface area contributed by atoms with Gasteiger partial charge in [-0.3, -0.25) is 0 Å². The molecule has 0 aliphatic carbocycles. The molecule has 1 aromatic heterocycles. The van der Waals surface area contributed by atoms with Gasteiger partial charge in [0.1, 0.15) is 5.58 Å². The third-order valence-corrected chi connectivity index (χ3v) is 2.53. The summed E-state index contributed by atoms with van der Waals surface area (Å²) >= 11 is 9.37. The number of hydrogen-bond acceptors (Lipinski definition) is 1. The fourth-order valence-corrected chi connectivity index (χ4v) is 2.16. The lowest BCUT2D eigenvalue weighted by Crippen LogP contribution is -1.71. The van der Waals surface area contributed by atoms with Crippen LogP contribution < -0.4 is 0 Å². The Labute approximate surface area is 83.4 Å². The lowest BCUT2D eigenvalue weighted by Gasteiger charge is -1.95. The SMILES string of the molecule is Cc1coc2cc(Br)cc(Cl)c12. The Hall–Kier alpha value is -0.470. The van der Waals surface area contributed by atoms with E-state index >= 15 is 0 Å². The van der Waals surface area contributed by atoms with Crippen LogP contribution in [0.3, 0.4) is 0 Å². The van der Waals surface area contributed by atoms with Gasteiger partial charge in [-0.05, 0) is 24.6 Å². The van der Waals surface area contributed by atoms with E-state index in [-0.39, 0.29) is 0 Å². The van der Waals surface area contributed by atoms with E-state index in [0.29, 0.717) is 0 Å². The smallest absolute Gasteiger partial charge is 0.136 e. The van der Waals surface area contributed by atoms with Crippen LogP contribution in [-0.4, -0.2) is 0 Å². The fraction of sp³-hybridized carbons (Fsp3) is 0.111. The number of rotatable bonds is 0. The van der Waals surface area contributed by atoms with Gasteiger partial charge < -0.3 is 4.42 Å². The number of furan rings is 1. The van der Waals surface area contributed by atoms with E-state index in [2.05, 4.69) is 15.9 Å². The molecule has 0 saturated carbocycles. The first-order valence-electron chi connectivity index (χ1n) is 3.51. The summed E-state index contributed by atoms with van der Waals surface area (Å²) in [4.78, 5) is 0. The highest BCUT2D eigenvalue weighted by Gasteiger charge is 2.06. The van der Waals surface area contributed by atoms with Gasteiger partial charge in [-0.25, -0.2) is 0 Å². The molecule has 0 bridgehead atoms. The minimum atomic E-state index is 0.727. The molecule has 3 heteroatoms. The summed E-state index contributed by atoms with van der Waals surface area (Å²) in [5.41, 5.74) is 1.90. The van der Waals surface area contributed by atoms with Crippen molar-refractivity contribution in [2.24, 2.45) is 0 Å². The first kappa shape index (κ1) is 8.14. The molecule has 0 aliphatic heterocycles. The molecule has 1 heterocycles. The Balaban J connectivity index is 2.93. The van der Waals surface area contributed by atoms with Crippen molar-refractivity contribution in [2.75, 3.05) is 0 Å². The van der Waals surface area contributed by atoms with Crippen molar-refractivity contribution in [3.63, 3.8) is 0 Å². The number of benzene rings is 1. The van der Waals surface area contributed by atoms with Crippen LogP contribution in [-0.2, 0) is 0 Å². The van der Waals surface area contributed by atoms with E-state index in [1.165, 1.54) is 0 Å². The molecule has 0 spiro atoms. The monoisotopic (exact) mass is 244 g/mol. The van der Waals surface area contributed by atoms with Crippen molar-refractivity contribution < 1.29 is 4.42 Å². The molecule has 0 N–H and O–H groups in total. The van der Waals surface area contributed by atoms with Gasteiger partial charge in [-0.1, -0.05) is 27.5 Å². The van der Waals surface area contributed by atoms with Crippen LogP contribution in [0.1, 0.15) is 5.56 Å². The van der Waals surface area contributed by atoms with Crippen LogP contribution in [0.4, 0.5) is 0 Å². The van der Waals surface area contributed by atoms with Gasteiger partial charge in [-0.15, -0.1) is 0 Å². The van der Waals surface area contributed by atoms with Gasteiger partial charge in [0.15, 0.2) is 0 Å². The second-order valence-electron chi connectivity index (χ2n) is 2.68. The van der Waals surface area contributed by atoms with Gasteiger partial charge in [0.25, 0.3) is 0 Å². The number of fused-ring (bicyclic) bond motifs is 1. The second kappa shape index (κ2) is 2.79. The highest BCUT2D eigenvalue weighted by Crippen LogP contribution is 2.31. The zero-order valence-corrected chi connectivity index (χ0v) is 8.74. The van der Waals surface area contributed by atoms with Crippen LogP contribution in [0.5, 0.6) is 0 Å². The van der Waals surface area contributed by atoms with Gasteiger partial charge in [-0.2, -0.15) is 0 Å². The maximum Gasteiger partial charge on any atom is 0.136 e. The molecule has 0 amide bonds. The third kappa shape index (κ3) is 1.15. The molecule has 0 atom stereocenters. The van der Waals surface area contributed by atoms with Crippen molar-refractivity contribution in [2.45, 2.75) is 6.92 Å². The van der Waals surface area contributed by atoms with Crippen molar-refractivity contribution in [1.82, 2.24) is 0 Å². The molecule has 0 fully saturated rings. The Morgan fingerprint density at radius 3 is 2.92 bits per heavy atom. The Morgan fingerprint density at radius 1 is 1.42 bits per heavy atom. The van der Waals surface area contributed by atoms with Crippen molar-refractivity contribution in [3.8, 4) is 0 Å². The summed E-state index contributed by atoms with van der Waals surface area (Å²) in [6.45, 7) is 1.98. The van der Waals surface area contributed by atoms with E-state index in [4.69, 9.17) is 16.0 Å². The maximum atomic E-state index is 6.02. The van der Waals surface area contributed by atoms with Crippen LogP contribution >= 0.6 is 27.5 Å². The third-order valence-electron chi connectivity index (χ3n) is 1.78. The van der Waals surface area contributed by atoms with Crippen molar-refractivity contribution in [3.05, 3.63) is 33.5 Å². The molecule has 0 unspecified atom stereocenters. The summed E-state index contributed by atoms with van der Waals surface area (Å²) < 4.78 is 6.24. The summed E-state index contributed by atoms with van der Waals surface area (Å²) in [6, 6.07) is 3.78. The lowest BCUT2D eigenvalue weighted by atomic mass is 10.2. The molecule has 0 saturated heterocycles. The number of halogens is 2. The largest absolute Gasteiger partial charge is 0.464 e. The van der Waals surface area contributed by atoms with Gasteiger partial charge in [0.05, 0.1) is 11.3 Å². The number of hydrogen-bond donors (Lipinski definition) is 0. The van der Waals surface area contributed by atoms with Crippen LogP contribution in [0.15, 0.2) is 27.3 Å². The lowest BCUT2D eigenvalue weighted by molar-refractivity contribution is 0.613. The zero-order valence-electron chi connectivity index (χ0n) is 6.40. The molecular formula is C9H6BrClO. The summed E-state index contributed by atoms with van der Waals surface area (Å²) in [5.74, 6) is 0. The van der Waals surface area contributed by atoms with Crippen molar-refractivity contribution in [1.29, 1.82) is 0 Å². The first-order valence-corrected chi connectivity index (χ1v) is 4.68. The topological polar surface area (TPSA) is 13.1 Å². The molecule has 1 aromatic carbocycles. The number of aryl methyl sites for hydroxylation is 1. The van der Waals surface area contributed by atoms with E-state index in [9.17, 15) is 0 Å². The zero-order chi connectivity index (χ0) is 8.72. The Bertz CT molecular complexity index is 433. The highest BCUT2D eigenvalue weighted by molar-refractivity contribution is 9.10. The fourth-order valence-electron chi connectivity index (χ4n) is 1.24. The molecular weight excluding hydrogens is 239 g/mol. The van der Waals surface area contributed by atoms with E-state index in [1.807, 2.05) is 19.1 Å². The molecule has 2 rings (SSSR count). The summed E-state index contributed by atoms with van der Waals surface area (Å²) in [5, 5.41) is 1.73. The average Bonchev–Trinajstić information content (AvgIpc) is 2.31. The molecule has 1 nitrogen and oxygen atoms in total. The average molecular weight is 246 g/mol. The van der Waals surface area contributed by atoms with E-state index < -0.39 is 0 Å². The minimum absolute atomic E-state index is 0.727. The standard InChI is InChI=1S/C9H6BrClO/c1-5-4-12-8-3-6(10)2-7(11)9(5)8/h2-4H,1H3. The van der Waals surface area contributed by atoms with Crippen LogP contribution in [0.2, 0.25) is 5.02 Å². The minimum Gasteiger partial charge on any atom is -0.464 e. The summed E-state index contributed by atoms with van der Waals surface area (Å²) in [7, 11) is 0. The Morgan fingerprint density at radius 2 is 2.17 bits per heavy atom. The first-order chi connectivity index (χ1) is 5.68. The predicted octanol–water partition coefficient (Wildman–Crippen LogP) is 4.16.